The Labute approximate surface area is 191 Å². The van der Waals surface area contributed by atoms with E-state index in [-0.39, 0.29) is 22.9 Å². The zero-order valence-corrected chi connectivity index (χ0v) is 19.3. The summed E-state index contributed by atoms with van der Waals surface area (Å²) in [5.74, 6) is 7.53. The third kappa shape index (κ3) is 3.07. The number of benzene rings is 1. The molecule has 0 amide bonds. The fourth-order valence-corrected chi connectivity index (χ4v) is 7.33. The fraction of sp³-hybridized carbons (Fsp3) is 0.517. The third-order valence-corrected chi connectivity index (χ3v) is 8.94. The average Bonchev–Trinajstić information content (AvgIpc) is 3.03. The first-order valence-corrected chi connectivity index (χ1v) is 12.0. The molecule has 3 heteroatoms. The number of rotatable bonds is 2. The number of aliphatic hydroxyl groups is 1. The molecule has 1 N–H and O–H groups in total. The van der Waals surface area contributed by atoms with Crippen LogP contribution in [0.15, 0.2) is 47.1 Å². The highest BCUT2D eigenvalue weighted by molar-refractivity contribution is 5.94. The van der Waals surface area contributed by atoms with Crippen molar-refractivity contribution in [2.75, 3.05) is 0 Å². The molecule has 4 aliphatic carbocycles. The van der Waals surface area contributed by atoms with E-state index in [1.807, 2.05) is 25.1 Å². The van der Waals surface area contributed by atoms with Gasteiger partial charge in [-0.3, -0.25) is 9.59 Å². The second-order valence-corrected chi connectivity index (χ2v) is 10.4. The van der Waals surface area contributed by atoms with Gasteiger partial charge in [0.15, 0.2) is 11.6 Å². The first kappa shape index (κ1) is 21.4. The number of hydrogen-bond donors (Lipinski definition) is 1. The van der Waals surface area contributed by atoms with Crippen LogP contribution in [0.3, 0.4) is 0 Å². The number of Topliss-reactive ketones (excluding diaryl/α,β-unsaturated/α-hetero) is 1. The Hall–Kier alpha value is -2.44. The zero-order valence-electron chi connectivity index (χ0n) is 19.3. The van der Waals surface area contributed by atoms with E-state index in [0.29, 0.717) is 18.3 Å². The van der Waals surface area contributed by atoms with Crippen LogP contribution in [0, 0.1) is 29.1 Å². The molecular weight excluding hydrogens is 396 g/mol. The summed E-state index contributed by atoms with van der Waals surface area (Å²) in [7, 11) is 0. The van der Waals surface area contributed by atoms with Crippen molar-refractivity contribution in [1.82, 2.24) is 0 Å². The molecule has 166 valence electrons. The molecule has 3 nitrogen and oxygen atoms in total. The Kier molecular flexibility index (Phi) is 5.06. The summed E-state index contributed by atoms with van der Waals surface area (Å²) in [5.41, 5.74) is 4.84. The lowest BCUT2D eigenvalue weighted by Gasteiger charge is -2.53. The van der Waals surface area contributed by atoms with E-state index >= 15 is 0 Å². The summed E-state index contributed by atoms with van der Waals surface area (Å²) < 4.78 is 0. The molecular formula is C29H32O3. The van der Waals surface area contributed by atoms with Gasteiger partial charge in [0.05, 0.1) is 0 Å². The zero-order chi connectivity index (χ0) is 22.7. The first-order valence-electron chi connectivity index (χ1n) is 12.0. The van der Waals surface area contributed by atoms with E-state index in [1.54, 1.807) is 6.92 Å². The largest absolute Gasteiger partial charge is 0.377 e. The molecule has 5 unspecified atom stereocenters. The molecule has 0 heterocycles. The minimum Gasteiger partial charge on any atom is -0.377 e. The predicted octanol–water partition coefficient (Wildman–Crippen LogP) is 5.54. The van der Waals surface area contributed by atoms with Crippen LogP contribution in [-0.4, -0.2) is 22.3 Å². The fourth-order valence-electron chi connectivity index (χ4n) is 7.33. The van der Waals surface area contributed by atoms with Crippen LogP contribution in [0.1, 0.15) is 87.6 Å². The van der Waals surface area contributed by atoms with Crippen LogP contribution in [-0.2, 0) is 4.79 Å². The van der Waals surface area contributed by atoms with Gasteiger partial charge in [-0.05, 0) is 87.0 Å². The standard InChI is InChI=1S/C29H32O3/c1-4-14-29(32)15-13-26-24-11-9-21-16-22(31)10-12-23(21)27(24)25(17-28(26,29)3)20-7-5-19(6-8-20)18(2)30/h5-8,16,24-26,32H,9-13,15,17H2,1-3H3. The minimum absolute atomic E-state index is 0.0733. The molecule has 32 heavy (non-hydrogen) atoms. The maximum absolute atomic E-state index is 12.1. The van der Waals surface area contributed by atoms with Gasteiger partial charge in [0, 0.05) is 23.3 Å². The second kappa shape index (κ2) is 7.56. The second-order valence-electron chi connectivity index (χ2n) is 10.4. The smallest absolute Gasteiger partial charge is 0.159 e. The van der Waals surface area contributed by atoms with E-state index < -0.39 is 5.60 Å². The topological polar surface area (TPSA) is 54.4 Å². The summed E-state index contributed by atoms with van der Waals surface area (Å²) in [4.78, 5) is 24.0. The van der Waals surface area contributed by atoms with Gasteiger partial charge < -0.3 is 5.11 Å². The quantitative estimate of drug-likeness (QED) is 0.497. The van der Waals surface area contributed by atoms with Gasteiger partial charge in [0.1, 0.15) is 5.60 Å². The minimum atomic E-state index is -0.959. The van der Waals surface area contributed by atoms with Gasteiger partial charge in [0.25, 0.3) is 0 Å². The van der Waals surface area contributed by atoms with Gasteiger partial charge in [-0.25, -0.2) is 0 Å². The Morgan fingerprint density at radius 2 is 1.88 bits per heavy atom. The van der Waals surface area contributed by atoms with Crippen molar-refractivity contribution in [3.8, 4) is 11.8 Å². The number of carbonyl (C=O) groups is 2. The highest BCUT2D eigenvalue weighted by atomic mass is 16.3. The third-order valence-electron chi connectivity index (χ3n) is 8.94. The van der Waals surface area contributed by atoms with Crippen molar-refractivity contribution in [1.29, 1.82) is 0 Å². The van der Waals surface area contributed by atoms with Gasteiger partial charge >= 0.3 is 0 Å². The first-order chi connectivity index (χ1) is 15.3. The highest BCUT2D eigenvalue weighted by Crippen LogP contribution is 2.66. The molecule has 5 rings (SSSR count). The van der Waals surface area contributed by atoms with Crippen LogP contribution in [0.25, 0.3) is 0 Å². The molecule has 0 aromatic heterocycles. The van der Waals surface area contributed by atoms with Crippen LogP contribution in [0.5, 0.6) is 0 Å². The van der Waals surface area contributed by atoms with Crippen LogP contribution in [0.2, 0.25) is 0 Å². The maximum atomic E-state index is 12.1. The van der Waals surface area contributed by atoms with Crippen molar-refractivity contribution in [3.05, 3.63) is 58.2 Å². The Balaban J connectivity index is 1.68. The van der Waals surface area contributed by atoms with Crippen LogP contribution in [0.4, 0.5) is 0 Å². The van der Waals surface area contributed by atoms with E-state index in [9.17, 15) is 14.7 Å². The van der Waals surface area contributed by atoms with Gasteiger partial charge in [-0.2, -0.15) is 0 Å². The average molecular weight is 429 g/mol. The van der Waals surface area contributed by atoms with E-state index in [4.69, 9.17) is 0 Å². The molecule has 0 radical (unpaired) electrons. The summed E-state index contributed by atoms with van der Waals surface area (Å²) in [6.45, 7) is 5.67. The van der Waals surface area contributed by atoms with Crippen LogP contribution >= 0.6 is 0 Å². The normalized spacial score (nSPS) is 35.8. The molecule has 5 atom stereocenters. The summed E-state index contributed by atoms with van der Waals surface area (Å²) >= 11 is 0. The van der Waals surface area contributed by atoms with Crippen molar-refractivity contribution in [3.63, 3.8) is 0 Å². The molecule has 0 bridgehead atoms. The highest BCUT2D eigenvalue weighted by Gasteiger charge is 2.62. The van der Waals surface area contributed by atoms with E-state index in [2.05, 4.69) is 30.9 Å². The lowest BCUT2D eigenvalue weighted by Crippen LogP contribution is -2.51. The van der Waals surface area contributed by atoms with Crippen molar-refractivity contribution in [2.24, 2.45) is 17.3 Å². The summed E-state index contributed by atoms with van der Waals surface area (Å²) in [6, 6.07) is 8.06. The van der Waals surface area contributed by atoms with Crippen molar-refractivity contribution >= 4 is 11.6 Å². The molecule has 0 saturated heterocycles. The van der Waals surface area contributed by atoms with E-state index in [1.165, 1.54) is 22.3 Å². The lowest BCUT2D eigenvalue weighted by molar-refractivity contribution is -0.114. The number of allylic oxidation sites excluding steroid dienone is 4. The number of hydrogen-bond acceptors (Lipinski definition) is 3. The predicted molar refractivity (Wildman–Crippen MR) is 125 cm³/mol. The molecule has 1 aromatic rings. The van der Waals surface area contributed by atoms with E-state index in [0.717, 1.165) is 44.1 Å². The SMILES string of the molecule is CC#CC1(O)CCC2C3CCC4=CC(=O)CCC4=C3C(c3ccc(C(C)=O)cc3)CC21C. The van der Waals surface area contributed by atoms with Crippen molar-refractivity contribution in [2.45, 2.75) is 77.2 Å². The molecule has 4 aliphatic rings. The Morgan fingerprint density at radius 1 is 1.12 bits per heavy atom. The summed E-state index contributed by atoms with van der Waals surface area (Å²) in [6.07, 6.45) is 7.88. The monoisotopic (exact) mass is 428 g/mol. The Morgan fingerprint density at radius 3 is 2.56 bits per heavy atom. The van der Waals surface area contributed by atoms with Crippen molar-refractivity contribution < 1.29 is 14.7 Å². The Bertz CT molecular complexity index is 1110. The molecule has 2 fully saturated rings. The number of ketones is 2. The lowest BCUT2D eigenvalue weighted by atomic mass is 9.51. The molecule has 0 aliphatic heterocycles. The van der Waals surface area contributed by atoms with Gasteiger partial charge in [0.2, 0.25) is 0 Å². The maximum Gasteiger partial charge on any atom is 0.159 e. The number of carbonyl (C=O) groups excluding carboxylic acids is 2. The number of fused-ring (bicyclic) bond motifs is 4. The molecule has 0 spiro atoms. The van der Waals surface area contributed by atoms with Crippen LogP contribution < -0.4 is 0 Å². The summed E-state index contributed by atoms with van der Waals surface area (Å²) in [5, 5.41) is 11.7. The molecule has 2 saturated carbocycles. The van der Waals surface area contributed by atoms with Gasteiger partial charge in [-0.15, -0.1) is 5.92 Å². The van der Waals surface area contributed by atoms with Gasteiger partial charge in [-0.1, -0.05) is 42.7 Å². The molecule has 1 aromatic carbocycles.